The van der Waals surface area contributed by atoms with Crippen molar-refractivity contribution in [2.45, 2.75) is 26.4 Å². The molecule has 0 spiro atoms. The van der Waals surface area contributed by atoms with E-state index in [1.54, 1.807) is 4.90 Å². The third-order valence-corrected chi connectivity index (χ3v) is 4.24. The molecule has 0 N–H and O–H groups in total. The van der Waals surface area contributed by atoms with E-state index in [0.717, 1.165) is 17.5 Å². The Labute approximate surface area is 137 Å². The van der Waals surface area contributed by atoms with E-state index in [0.29, 0.717) is 13.1 Å². The van der Waals surface area contributed by atoms with Crippen LogP contribution in [0.2, 0.25) is 0 Å². The molecule has 0 fully saturated rings. The van der Waals surface area contributed by atoms with Crippen molar-refractivity contribution in [2.24, 2.45) is 0 Å². The molecular weight excluding hydrogens is 284 g/mol. The Hall–Kier alpha value is -2.55. The van der Waals surface area contributed by atoms with Crippen molar-refractivity contribution < 1.29 is 4.79 Å². The molecule has 118 valence electrons. The number of aromatic nitrogens is 1. The minimum Gasteiger partial charge on any atom is -0.340 e. The molecular formula is C20H22N2O. The van der Waals surface area contributed by atoms with Crippen LogP contribution in [0.25, 0.3) is 10.9 Å². The van der Waals surface area contributed by atoms with Crippen LogP contribution >= 0.6 is 0 Å². The third kappa shape index (κ3) is 3.45. The van der Waals surface area contributed by atoms with Crippen molar-refractivity contribution in [1.82, 2.24) is 9.47 Å². The van der Waals surface area contributed by atoms with Gasteiger partial charge in [0.05, 0.1) is 0 Å². The summed E-state index contributed by atoms with van der Waals surface area (Å²) in [6, 6.07) is 18.6. The van der Waals surface area contributed by atoms with E-state index >= 15 is 0 Å². The lowest BCUT2D eigenvalue weighted by molar-refractivity contribution is -0.131. The first kappa shape index (κ1) is 15.3. The van der Waals surface area contributed by atoms with Gasteiger partial charge in [-0.2, -0.15) is 0 Å². The van der Waals surface area contributed by atoms with Crippen LogP contribution in [0.5, 0.6) is 0 Å². The third-order valence-electron chi connectivity index (χ3n) is 4.24. The Kier molecular flexibility index (Phi) is 4.47. The summed E-state index contributed by atoms with van der Waals surface area (Å²) in [6.45, 7) is 3.16. The Morgan fingerprint density at radius 3 is 2.57 bits per heavy atom. The number of rotatable bonds is 5. The SMILES string of the molecule is CCc1ccc2c(ccn2CC(=O)N(C)Cc2ccccc2)c1. The smallest absolute Gasteiger partial charge is 0.242 e. The lowest BCUT2D eigenvalue weighted by Crippen LogP contribution is -2.29. The van der Waals surface area contributed by atoms with Crippen molar-refractivity contribution in [3.63, 3.8) is 0 Å². The van der Waals surface area contributed by atoms with E-state index in [1.807, 2.05) is 48.1 Å². The summed E-state index contributed by atoms with van der Waals surface area (Å²) < 4.78 is 2.03. The molecule has 0 saturated heterocycles. The molecule has 23 heavy (non-hydrogen) atoms. The van der Waals surface area contributed by atoms with Gasteiger partial charge in [0.2, 0.25) is 5.91 Å². The molecule has 2 aromatic carbocycles. The maximum absolute atomic E-state index is 12.5. The largest absolute Gasteiger partial charge is 0.340 e. The number of hydrogen-bond donors (Lipinski definition) is 0. The summed E-state index contributed by atoms with van der Waals surface area (Å²) in [4.78, 5) is 14.3. The summed E-state index contributed by atoms with van der Waals surface area (Å²) in [5, 5.41) is 1.20. The van der Waals surface area contributed by atoms with Crippen LogP contribution in [-0.2, 0) is 24.3 Å². The summed E-state index contributed by atoms with van der Waals surface area (Å²) in [7, 11) is 1.86. The maximum Gasteiger partial charge on any atom is 0.242 e. The number of aryl methyl sites for hydroxylation is 1. The van der Waals surface area contributed by atoms with Crippen molar-refractivity contribution >= 4 is 16.8 Å². The van der Waals surface area contributed by atoms with Gasteiger partial charge in [0.15, 0.2) is 0 Å². The van der Waals surface area contributed by atoms with Gasteiger partial charge in [-0.25, -0.2) is 0 Å². The van der Waals surface area contributed by atoms with E-state index in [9.17, 15) is 4.79 Å². The normalized spacial score (nSPS) is 10.9. The van der Waals surface area contributed by atoms with Gasteiger partial charge < -0.3 is 9.47 Å². The van der Waals surface area contributed by atoms with Crippen LogP contribution in [-0.4, -0.2) is 22.4 Å². The Morgan fingerprint density at radius 1 is 1.04 bits per heavy atom. The van der Waals surface area contributed by atoms with E-state index in [2.05, 4.69) is 31.2 Å². The molecule has 0 bridgehead atoms. The number of carbonyl (C=O) groups is 1. The highest BCUT2D eigenvalue weighted by molar-refractivity contribution is 5.83. The van der Waals surface area contributed by atoms with E-state index in [-0.39, 0.29) is 5.91 Å². The molecule has 0 saturated carbocycles. The summed E-state index contributed by atoms with van der Waals surface area (Å²) >= 11 is 0. The second-order valence-corrected chi connectivity index (χ2v) is 5.93. The highest BCUT2D eigenvalue weighted by Gasteiger charge is 2.11. The monoisotopic (exact) mass is 306 g/mol. The zero-order valence-corrected chi connectivity index (χ0v) is 13.7. The maximum atomic E-state index is 12.5. The zero-order chi connectivity index (χ0) is 16.2. The molecule has 3 rings (SSSR count). The summed E-state index contributed by atoms with van der Waals surface area (Å²) in [5.41, 5.74) is 3.58. The molecule has 1 aromatic heterocycles. The first-order valence-corrected chi connectivity index (χ1v) is 8.03. The van der Waals surface area contributed by atoms with Crippen LogP contribution in [0.3, 0.4) is 0 Å². The van der Waals surface area contributed by atoms with Crippen LogP contribution in [0, 0.1) is 0 Å². The molecule has 0 unspecified atom stereocenters. The average Bonchev–Trinajstić information content (AvgIpc) is 2.97. The molecule has 0 atom stereocenters. The van der Waals surface area contributed by atoms with Gasteiger partial charge in [0.1, 0.15) is 6.54 Å². The molecule has 0 radical (unpaired) electrons. The number of amides is 1. The fourth-order valence-electron chi connectivity index (χ4n) is 2.82. The minimum atomic E-state index is 0.117. The molecule has 0 aliphatic heterocycles. The lowest BCUT2D eigenvalue weighted by atomic mass is 10.1. The molecule has 3 heteroatoms. The number of nitrogens with zero attached hydrogens (tertiary/aromatic N) is 2. The number of benzene rings is 2. The molecule has 0 aliphatic carbocycles. The predicted octanol–water partition coefficient (Wildman–Crippen LogP) is 3.86. The number of hydrogen-bond acceptors (Lipinski definition) is 1. The van der Waals surface area contributed by atoms with Gasteiger partial charge >= 0.3 is 0 Å². The minimum absolute atomic E-state index is 0.117. The van der Waals surface area contributed by atoms with Gasteiger partial charge in [0.25, 0.3) is 0 Å². The molecule has 3 nitrogen and oxygen atoms in total. The van der Waals surface area contributed by atoms with Crippen LogP contribution in [0.15, 0.2) is 60.8 Å². The number of carbonyl (C=O) groups excluding carboxylic acids is 1. The predicted molar refractivity (Wildman–Crippen MR) is 94.2 cm³/mol. The lowest BCUT2D eigenvalue weighted by Gasteiger charge is -2.18. The fraction of sp³-hybridized carbons (Fsp3) is 0.250. The van der Waals surface area contributed by atoms with Gasteiger partial charge in [0, 0.05) is 25.3 Å². The van der Waals surface area contributed by atoms with Crippen LogP contribution < -0.4 is 0 Å². The summed E-state index contributed by atoms with van der Waals surface area (Å²) in [6.07, 6.45) is 3.03. The van der Waals surface area contributed by atoms with Crippen molar-refractivity contribution in [2.75, 3.05) is 7.05 Å². The summed E-state index contributed by atoms with van der Waals surface area (Å²) in [5.74, 6) is 0.117. The Morgan fingerprint density at radius 2 is 1.83 bits per heavy atom. The Bertz CT molecular complexity index is 805. The number of likely N-dealkylation sites (N-methyl/N-ethyl adjacent to an activating group) is 1. The van der Waals surface area contributed by atoms with Crippen LogP contribution in [0.1, 0.15) is 18.1 Å². The standard InChI is InChI=1S/C20H22N2O/c1-3-16-9-10-19-18(13-16)11-12-22(19)15-20(23)21(2)14-17-7-5-4-6-8-17/h4-13H,3,14-15H2,1-2H3. The first-order valence-electron chi connectivity index (χ1n) is 8.03. The van der Waals surface area contributed by atoms with Gasteiger partial charge in [-0.15, -0.1) is 0 Å². The quantitative estimate of drug-likeness (QED) is 0.702. The fourth-order valence-corrected chi connectivity index (χ4v) is 2.82. The molecule has 1 heterocycles. The van der Waals surface area contributed by atoms with Crippen LogP contribution in [0.4, 0.5) is 0 Å². The van der Waals surface area contributed by atoms with Crippen molar-refractivity contribution in [1.29, 1.82) is 0 Å². The van der Waals surface area contributed by atoms with Gasteiger partial charge in [-0.05, 0) is 41.1 Å². The molecule has 3 aromatic rings. The van der Waals surface area contributed by atoms with Gasteiger partial charge in [-0.3, -0.25) is 4.79 Å². The first-order chi connectivity index (χ1) is 11.2. The zero-order valence-electron chi connectivity index (χ0n) is 13.7. The van der Waals surface area contributed by atoms with E-state index in [4.69, 9.17) is 0 Å². The highest BCUT2D eigenvalue weighted by Crippen LogP contribution is 2.18. The van der Waals surface area contributed by atoms with Crippen molar-refractivity contribution in [3.8, 4) is 0 Å². The topological polar surface area (TPSA) is 25.2 Å². The molecule has 0 aliphatic rings. The second-order valence-electron chi connectivity index (χ2n) is 5.93. The average molecular weight is 306 g/mol. The van der Waals surface area contributed by atoms with E-state index in [1.165, 1.54) is 10.9 Å². The highest BCUT2D eigenvalue weighted by atomic mass is 16.2. The molecule has 1 amide bonds. The Balaban J connectivity index is 1.72. The second kappa shape index (κ2) is 6.69. The van der Waals surface area contributed by atoms with Crippen molar-refractivity contribution in [3.05, 3.63) is 71.9 Å². The van der Waals surface area contributed by atoms with Gasteiger partial charge in [-0.1, -0.05) is 43.3 Å². The van der Waals surface area contributed by atoms with E-state index < -0.39 is 0 Å². The number of fused-ring (bicyclic) bond motifs is 1.